The van der Waals surface area contributed by atoms with Crippen molar-refractivity contribution in [1.82, 2.24) is 14.8 Å². The molecule has 0 saturated heterocycles. The summed E-state index contributed by atoms with van der Waals surface area (Å²) in [5.74, 6) is 0.436. The van der Waals surface area contributed by atoms with E-state index in [1.165, 1.54) is 4.68 Å². The van der Waals surface area contributed by atoms with Crippen molar-refractivity contribution in [2.45, 2.75) is 6.54 Å². The van der Waals surface area contributed by atoms with Gasteiger partial charge in [0, 0.05) is 24.4 Å². The minimum absolute atomic E-state index is 0.191. The third-order valence-corrected chi connectivity index (χ3v) is 5.14. The second-order valence-corrected chi connectivity index (χ2v) is 7.25. The van der Waals surface area contributed by atoms with Crippen LogP contribution in [-0.4, -0.2) is 20.7 Å². The van der Waals surface area contributed by atoms with Crippen molar-refractivity contribution in [2.75, 3.05) is 5.32 Å². The molecule has 0 aliphatic heterocycles. The van der Waals surface area contributed by atoms with E-state index in [0.717, 1.165) is 22.0 Å². The Bertz CT molecular complexity index is 1340. The molecule has 2 aromatic heterocycles. The molecule has 31 heavy (non-hydrogen) atoms. The van der Waals surface area contributed by atoms with Crippen LogP contribution in [0.25, 0.3) is 22.2 Å². The molecule has 0 unspecified atom stereocenters. The van der Waals surface area contributed by atoms with E-state index in [4.69, 9.17) is 0 Å². The van der Waals surface area contributed by atoms with Crippen molar-refractivity contribution in [3.05, 3.63) is 114 Å². The molecule has 1 N–H and O–H groups in total. The fourth-order valence-electron chi connectivity index (χ4n) is 3.53. The van der Waals surface area contributed by atoms with E-state index >= 15 is 0 Å². The number of nitrogens with one attached hydrogen (secondary N) is 1. The maximum absolute atomic E-state index is 13.4. The number of rotatable bonds is 5. The molecule has 3 aromatic carbocycles. The lowest BCUT2D eigenvalue weighted by molar-refractivity contribution is 0.0948. The van der Waals surface area contributed by atoms with Crippen LogP contribution >= 0.6 is 0 Å². The number of hydrogen-bond donors (Lipinski definition) is 1. The Morgan fingerprint density at radius 1 is 0.774 bits per heavy atom. The van der Waals surface area contributed by atoms with Gasteiger partial charge in [0.15, 0.2) is 0 Å². The minimum atomic E-state index is -0.191. The van der Waals surface area contributed by atoms with Gasteiger partial charge in [-0.15, -0.1) is 0 Å². The number of pyridine rings is 1. The van der Waals surface area contributed by atoms with Crippen molar-refractivity contribution in [3.8, 4) is 11.4 Å². The third kappa shape index (κ3) is 3.94. The first-order valence-corrected chi connectivity index (χ1v) is 10.1. The van der Waals surface area contributed by atoms with Crippen molar-refractivity contribution in [2.24, 2.45) is 0 Å². The predicted octanol–water partition coefficient (Wildman–Crippen LogP) is 5.40. The van der Waals surface area contributed by atoms with Crippen molar-refractivity contribution in [3.63, 3.8) is 0 Å². The van der Waals surface area contributed by atoms with Crippen molar-refractivity contribution >= 4 is 22.5 Å². The summed E-state index contributed by atoms with van der Waals surface area (Å²) >= 11 is 0. The lowest BCUT2D eigenvalue weighted by Gasteiger charge is -2.09. The average molecular weight is 404 g/mol. The highest BCUT2D eigenvalue weighted by Gasteiger charge is 2.18. The number of nitrogens with zero attached hydrogens (tertiary/aromatic N) is 3. The molecular formula is C26H20N4O. The van der Waals surface area contributed by atoms with Gasteiger partial charge >= 0.3 is 0 Å². The van der Waals surface area contributed by atoms with Crippen LogP contribution in [0.4, 0.5) is 5.82 Å². The van der Waals surface area contributed by atoms with Crippen molar-refractivity contribution in [1.29, 1.82) is 0 Å². The van der Waals surface area contributed by atoms with E-state index in [9.17, 15) is 4.79 Å². The number of carbonyl (C=O) groups is 1. The molecule has 0 saturated carbocycles. The molecule has 0 fully saturated rings. The third-order valence-electron chi connectivity index (χ3n) is 5.14. The molecular weight excluding hydrogens is 384 g/mol. The fourth-order valence-corrected chi connectivity index (χ4v) is 3.53. The Hall–Kier alpha value is -4.25. The van der Waals surface area contributed by atoms with Gasteiger partial charge in [-0.1, -0.05) is 66.7 Å². The molecule has 0 radical (unpaired) electrons. The van der Waals surface area contributed by atoms with Crippen LogP contribution in [-0.2, 0) is 6.54 Å². The van der Waals surface area contributed by atoms with Gasteiger partial charge in [0.25, 0.3) is 5.91 Å². The monoisotopic (exact) mass is 404 g/mol. The molecule has 2 heterocycles. The summed E-state index contributed by atoms with van der Waals surface area (Å²) in [5, 5.41) is 10.1. The second kappa shape index (κ2) is 8.24. The standard InChI is InChI=1S/C26H20N4O/c31-26(22-14-13-20-10-4-5-11-21(20)16-22)30-25(28-18-19-8-2-1-3-9-19)17-24(29-30)23-12-6-7-15-27-23/h1-17,28H,18H2. The highest BCUT2D eigenvalue weighted by atomic mass is 16.2. The van der Waals surface area contributed by atoms with Crippen LogP contribution in [0.1, 0.15) is 15.9 Å². The van der Waals surface area contributed by atoms with Crippen LogP contribution in [0, 0.1) is 0 Å². The van der Waals surface area contributed by atoms with Gasteiger partial charge in [0.1, 0.15) is 11.5 Å². The summed E-state index contributed by atoms with van der Waals surface area (Å²) < 4.78 is 1.43. The summed E-state index contributed by atoms with van der Waals surface area (Å²) in [6.07, 6.45) is 1.72. The maximum Gasteiger partial charge on any atom is 0.280 e. The zero-order chi connectivity index (χ0) is 21.0. The van der Waals surface area contributed by atoms with Crippen LogP contribution in [0.5, 0.6) is 0 Å². The van der Waals surface area contributed by atoms with E-state index in [1.807, 2.05) is 97.1 Å². The lowest BCUT2D eigenvalue weighted by Crippen LogP contribution is -2.17. The molecule has 0 aliphatic carbocycles. The Kier molecular flexibility index (Phi) is 4.99. The average Bonchev–Trinajstić information content (AvgIpc) is 3.27. The lowest BCUT2D eigenvalue weighted by atomic mass is 10.1. The van der Waals surface area contributed by atoms with Crippen LogP contribution < -0.4 is 5.32 Å². The minimum Gasteiger partial charge on any atom is -0.366 e. The number of hydrogen-bond acceptors (Lipinski definition) is 4. The van der Waals surface area contributed by atoms with E-state index in [0.29, 0.717) is 23.6 Å². The zero-order valence-corrected chi connectivity index (χ0v) is 16.8. The van der Waals surface area contributed by atoms with Gasteiger partial charge in [-0.3, -0.25) is 9.78 Å². The number of fused-ring (bicyclic) bond motifs is 1. The Labute approximate surface area is 180 Å². The first kappa shape index (κ1) is 18.8. The largest absolute Gasteiger partial charge is 0.366 e. The highest BCUT2D eigenvalue weighted by molar-refractivity contribution is 6.01. The number of carbonyl (C=O) groups excluding carboxylic acids is 1. The van der Waals surface area contributed by atoms with Crippen molar-refractivity contribution < 1.29 is 4.79 Å². The van der Waals surface area contributed by atoms with E-state index in [-0.39, 0.29) is 5.91 Å². The van der Waals surface area contributed by atoms with Gasteiger partial charge in [-0.2, -0.15) is 9.78 Å². The number of aromatic nitrogens is 3. The summed E-state index contributed by atoms with van der Waals surface area (Å²) in [5.41, 5.74) is 3.06. The molecule has 5 aromatic rings. The smallest absolute Gasteiger partial charge is 0.280 e. The molecule has 0 spiro atoms. The normalized spacial score (nSPS) is 10.8. The van der Waals surface area contributed by atoms with Crippen LogP contribution in [0.15, 0.2) is 103 Å². The Morgan fingerprint density at radius 2 is 1.55 bits per heavy atom. The Morgan fingerprint density at radius 3 is 2.35 bits per heavy atom. The second-order valence-electron chi connectivity index (χ2n) is 7.25. The molecule has 5 rings (SSSR count). The molecule has 0 bridgehead atoms. The summed E-state index contributed by atoms with van der Waals surface area (Å²) in [6, 6.07) is 31.3. The topological polar surface area (TPSA) is 59.8 Å². The first-order chi connectivity index (χ1) is 15.3. The van der Waals surface area contributed by atoms with Crippen LogP contribution in [0.3, 0.4) is 0 Å². The van der Waals surface area contributed by atoms with Gasteiger partial charge in [-0.05, 0) is 40.6 Å². The molecule has 150 valence electrons. The first-order valence-electron chi connectivity index (χ1n) is 10.1. The molecule has 5 heteroatoms. The number of anilines is 1. The number of benzene rings is 3. The molecule has 5 nitrogen and oxygen atoms in total. The molecule has 0 aliphatic rings. The molecule has 0 atom stereocenters. The van der Waals surface area contributed by atoms with E-state index in [1.54, 1.807) is 6.20 Å². The Balaban J connectivity index is 1.53. The van der Waals surface area contributed by atoms with Gasteiger partial charge < -0.3 is 5.32 Å². The van der Waals surface area contributed by atoms with E-state index in [2.05, 4.69) is 15.4 Å². The van der Waals surface area contributed by atoms with Gasteiger partial charge in [-0.25, -0.2) is 0 Å². The van der Waals surface area contributed by atoms with E-state index < -0.39 is 0 Å². The SMILES string of the molecule is O=C(c1ccc2ccccc2c1)n1nc(-c2ccccn2)cc1NCc1ccccc1. The van der Waals surface area contributed by atoms with Gasteiger partial charge in [0.2, 0.25) is 0 Å². The quantitative estimate of drug-likeness (QED) is 0.426. The molecule has 0 amide bonds. The maximum atomic E-state index is 13.4. The highest BCUT2D eigenvalue weighted by Crippen LogP contribution is 2.23. The zero-order valence-electron chi connectivity index (χ0n) is 16.8. The van der Waals surface area contributed by atoms with Gasteiger partial charge in [0.05, 0.1) is 5.69 Å². The predicted molar refractivity (Wildman–Crippen MR) is 123 cm³/mol. The summed E-state index contributed by atoms with van der Waals surface area (Å²) in [6.45, 7) is 0.583. The summed E-state index contributed by atoms with van der Waals surface area (Å²) in [7, 11) is 0. The van der Waals surface area contributed by atoms with Crippen LogP contribution in [0.2, 0.25) is 0 Å². The summed E-state index contributed by atoms with van der Waals surface area (Å²) in [4.78, 5) is 17.8. The fraction of sp³-hybridized carbons (Fsp3) is 0.0385.